The van der Waals surface area contributed by atoms with Crippen molar-refractivity contribution in [2.24, 2.45) is 5.92 Å². The van der Waals surface area contributed by atoms with Crippen molar-refractivity contribution in [2.45, 2.75) is 39.2 Å². The summed E-state index contributed by atoms with van der Waals surface area (Å²) in [7, 11) is 0. The molecule has 1 saturated carbocycles. The lowest BCUT2D eigenvalue weighted by Crippen LogP contribution is -2.42. The number of hydrogen-bond donors (Lipinski definition) is 0. The first kappa shape index (κ1) is 16.4. The number of nitrogens with zero attached hydrogens (tertiary/aromatic N) is 1. The fraction of sp³-hybridized carbons (Fsp3) is 0.562. The Morgan fingerprint density at radius 2 is 2.14 bits per heavy atom. The maximum Gasteiger partial charge on any atom is 0.263 e. The molecular weight excluding hydrogens is 309 g/mol. The highest BCUT2D eigenvalue weighted by Crippen LogP contribution is 2.31. The van der Waals surface area contributed by atoms with Gasteiger partial charge in [-0.2, -0.15) is 0 Å². The molecule has 0 saturated heterocycles. The molecule has 0 heterocycles. The first-order valence-electron chi connectivity index (χ1n) is 7.41. The Kier molecular flexibility index (Phi) is 5.77. The lowest BCUT2D eigenvalue weighted by atomic mass is 10.2. The molecule has 0 spiro atoms. The molecule has 2 rings (SSSR count). The van der Waals surface area contributed by atoms with Crippen LogP contribution in [-0.4, -0.2) is 30.0 Å². The second kappa shape index (κ2) is 7.37. The normalized spacial score (nSPS) is 15.6. The van der Waals surface area contributed by atoms with Crippen molar-refractivity contribution < 1.29 is 9.53 Å². The highest BCUT2D eigenvalue weighted by Gasteiger charge is 2.29. The monoisotopic (exact) mass is 329 g/mol. The third-order valence-electron chi connectivity index (χ3n) is 3.53. The molecule has 5 heteroatoms. The van der Waals surface area contributed by atoms with E-state index in [4.69, 9.17) is 27.9 Å². The lowest BCUT2D eigenvalue weighted by molar-refractivity contribution is -0.138. The second-order valence-electron chi connectivity index (χ2n) is 5.56. The fourth-order valence-electron chi connectivity index (χ4n) is 2.24. The van der Waals surface area contributed by atoms with Crippen molar-refractivity contribution in [3.63, 3.8) is 0 Å². The SMILES string of the molecule is CCCN(CC1CC1)C(=O)C(C)Oc1ccc(Cl)cc1Cl. The Bertz CT molecular complexity index is 503. The third kappa shape index (κ3) is 4.79. The van der Waals surface area contributed by atoms with Gasteiger partial charge in [0, 0.05) is 18.1 Å². The zero-order valence-electron chi connectivity index (χ0n) is 12.4. The van der Waals surface area contributed by atoms with Crippen LogP contribution in [0, 0.1) is 5.92 Å². The minimum atomic E-state index is -0.547. The van der Waals surface area contributed by atoms with Gasteiger partial charge in [-0.05, 0) is 50.3 Å². The van der Waals surface area contributed by atoms with E-state index in [2.05, 4.69) is 6.92 Å². The average molecular weight is 330 g/mol. The van der Waals surface area contributed by atoms with E-state index in [0.29, 0.717) is 21.7 Å². The zero-order valence-corrected chi connectivity index (χ0v) is 14.0. The van der Waals surface area contributed by atoms with Gasteiger partial charge in [0.15, 0.2) is 6.10 Å². The fourth-order valence-corrected chi connectivity index (χ4v) is 2.70. The molecule has 0 aromatic heterocycles. The first-order chi connectivity index (χ1) is 10.0. The van der Waals surface area contributed by atoms with Crippen LogP contribution in [0.1, 0.15) is 33.1 Å². The van der Waals surface area contributed by atoms with Crippen LogP contribution in [0.2, 0.25) is 10.0 Å². The smallest absolute Gasteiger partial charge is 0.263 e. The van der Waals surface area contributed by atoms with Crippen LogP contribution in [0.15, 0.2) is 18.2 Å². The molecular formula is C16H21Cl2NO2. The molecule has 0 aliphatic heterocycles. The minimum Gasteiger partial charge on any atom is -0.479 e. The van der Waals surface area contributed by atoms with Gasteiger partial charge >= 0.3 is 0 Å². The maximum absolute atomic E-state index is 12.5. The quantitative estimate of drug-likeness (QED) is 0.741. The van der Waals surface area contributed by atoms with Crippen molar-refractivity contribution in [3.8, 4) is 5.75 Å². The predicted molar refractivity (Wildman–Crippen MR) is 86.1 cm³/mol. The molecule has 0 bridgehead atoms. The molecule has 1 aromatic carbocycles. The number of benzene rings is 1. The molecule has 1 aliphatic carbocycles. The molecule has 3 nitrogen and oxygen atoms in total. The summed E-state index contributed by atoms with van der Waals surface area (Å²) in [6.45, 7) is 5.46. The van der Waals surface area contributed by atoms with E-state index in [1.807, 2.05) is 4.90 Å². The Balaban J connectivity index is 1.99. The van der Waals surface area contributed by atoms with Crippen molar-refractivity contribution in [3.05, 3.63) is 28.2 Å². The Morgan fingerprint density at radius 1 is 1.43 bits per heavy atom. The summed E-state index contributed by atoms with van der Waals surface area (Å²) in [5.74, 6) is 1.19. The molecule has 1 unspecified atom stereocenters. The summed E-state index contributed by atoms with van der Waals surface area (Å²) >= 11 is 11.9. The highest BCUT2D eigenvalue weighted by molar-refractivity contribution is 6.35. The van der Waals surface area contributed by atoms with Gasteiger partial charge in [0.2, 0.25) is 0 Å². The van der Waals surface area contributed by atoms with Gasteiger partial charge in [-0.1, -0.05) is 30.1 Å². The van der Waals surface area contributed by atoms with Crippen LogP contribution < -0.4 is 4.74 Å². The summed E-state index contributed by atoms with van der Waals surface area (Å²) in [5.41, 5.74) is 0. The second-order valence-corrected chi connectivity index (χ2v) is 6.41. The number of halogens is 2. The zero-order chi connectivity index (χ0) is 15.4. The van der Waals surface area contributed by atoms with Crippen LogP contribution in [0.4, 0.5) is 0 Å². The predicted octanol–water partition coefficient (Wildman–Crippen LogP) is 4.41. The molecule has 1 aromatic rings. The van der Waals surface area contributed by atoms with Crippen LogP contribution >= 0.6 is 23.2 Å². The number of rotatable bonds is 7. The van der Waals surface area contributed by atoms with Crippen molar-refractivity contribution >= 4 is 29.1 Å². The van der Waals surface area contributed by atoms with Gasteiger partial charge in [0.25, 0.3) is 5.91 Å². The minimum absolute atomic E-state index is 0.0229. The molecule has 1 atom stereocenters. The van der Waals surface area contributed by atoms with Crippen molar-refractivity contribution in [1.29, 1.82) is 0 Å². The average Bonchev–Trinajstić information content (AvgIpc) is 3.24. The number of carbonyl (C=O) groups is 1. The number of carbonyl (C=O) groups excluding carboxylic acids is 1. The largest absolute Gasteiger partial charge is 0.479 e. The highest BCUT2D eigenvalue weighted by atomic mass is 35.5. The Morgan fingerprint density at radius 3 is 2.71 bits per heavy atom. The Hall–Kier alpha value is -0.930. The summed E-state index contributed by atoms with van der Waals surface area (Å²) < 4.78 is 5.71. The molecule has 1 amide bonds. The first-order valence-corrected chi connectivity index (χ1v) is 8.17. The molecule has 1 aliphatic rings. The molecule has 0 N–H and O–H groups in total. The molecule has 1 fully saturated rings. The van der Waals surface area contributed by atoms with Gasteiger partial charge in [-0.25, -0.2) is 0 Å². The van der Waals surface area contributed by atoms with E-state index in [9.17, 15) is 4.79 Å². The number of hydrogen-bond acceptors (Lipinski definition) is 2. The van der Waals surface area contributed by atoms with Gasteiger partial charge in [-0.15, -0.1) is 0 Å². The van der Waals surface area contributed by atoms with Gasteiger partial charge in [0.05, 0.1) is 5.02 Å². The van der Waals surface area contributed by atoms with E-state index >= 15 is 0 Å². The summed E-state index contributed by atoms with van der Waals surface area (Å²) in [6, 6.07) is 5.01. The molecule has 21 heavy (non-hydrogen) atoms. The topological polar surface area (TPSA) is 29.5 Å². The lowest BCUT2D eigenvalue weighted by Gasteiger charge is -2.26. The van der Waals surface area contributed by atoms with Crippen molar-refractivity contribution in [2.75, 3.05) is 13.1 Å². The van der Waals surface area contributed by atoms with E-state index in [1.54, 1.807) is 25.1 Å². The van der Waals surface area contributed by atoms with E-state index in [0.717, 1.165) is 19.5 Å². The Labute approximate surface area is 136 Å². The molecule has 116 valence electrons. The van der Waals surface area contributed by atoms with Crippen LogP contribution in [0.3, 0.4) is 0 Å². The summed E-state index contributed by atoms with van der Waals surface area (Å²) in [5, 5.41) is 0.971. The van der Waals surface area contributed by atoms with Gasteiger partial charge < -0.3 is 9.64 Å². The standard InChI is InChI=1S/C16H21Cl2NO2/c1-3-8-19(10-12-4-5-12)16(20)11(2)21-15-7-6-13(17)9-14(15)18/h6-7,9,11-12H,3-5,8,10H2,1-2H3. The third-order valence-corrected chi connectivity index (χ3v) is 4.06. The summed E-state index contributed by atoms with van der Waals surface area (Å²) in [4.78, 5) is 14.4. The van der Waals surface area contributed by atoms with E-state index in [-0.39, 0.29) is 5.91 Å². The van der Waals surface area contributed by atoms with E-state index < -0.39 is 6.10 Å². The van der Waals surface area contributed by atoms with Gasteiger partial charge in [0.1, 0.15) is 5.75 Å². The van der Waals surface area contributed by atoms with Gasteiger partial charge in [-0.3, -0.25) is 4.79 Å². The van der Waals surface area contributed by atoms with Crippen molar-refractivity contribution in [1.82, 2.24) is 4.90 Å². The number of ether oxygens (including phenoxy) is 1. The van der Waals surface area contributed by atoms with E-state index in [1.165, 1.54) is 12.8 Å². The maximum atomic E-state index is 12.5. The summed E-state index contributed by atoms with van der Waals surface area (Å²) in [6.07, 6.45) is 2.86. The van der Waals surface area contributed by atoms with Crippen LogP contribution in [-0.2, 0) is 4.79 Å². The molecule has 0 radical (unpaired) electrons. The number of amides is 1. The van der Waals surface area contributed by atoms with Crippen LogP contribution in [0.25, 0.3) is 0 Å². The van der Waals surface area contributed by atoms with Crippen LogP contribution in [0.5, 0.6) is 5.75 Å².